The third-order valence-electron chi connectivity index (χ3n) is 1.77. The first-order valence-electron chi connectivity index (χ1n) is 3.89. The van der Waals surface area contributed by atoms with Gasteiger partial charge >= 0.3 is 5.97 Å². The molecular formula is C9H7BrF2O3. The van der Waals surface area contributed by atoms with E-state index in [1.807, 2.05) is 0 Å². The monoisotopic (exact) mass is 280 g/mol. The lowest BCUT2D eigenvalue weighted by atomic mass is 10.1. The molecule has 0 heterocycles. The summed E-state index contributed by atoms with van der Waals surface area (Å²) in [5, 5.41) is 8.54. The van der Waals surface area contributed by atoms with Crippen molar-refractivity contribution < 1.29 is 23.4 Å². The predicted octanol–water partition coefficient (Wildman–Crippen LogP) is 2.36. The van der Waals surface area contributed by atoms with Crippen molar-refractivity contribution in [3.8, 4) is 5.75 Å². The van der Waals surface area contributed by atoms with Crippen molar-refractivity contribution in [2.45, 2.75) is 6.42 Å². The second-order valence-electron chi connectivity index (χ2n) is 2.74. The van der Waals surface area contributed by atoms with Gasteiger partial charge in [-0.1, -0.05) is 0 Å². The van der Waals surface area contributed by atoms with E-state index in [9.17, 15) is 13.6 Å². The maximum atomic E-state index is 13.4. The molecule has 1 aromatic carbocycles. The van der Waals surface area contributed by atoms with Crippen LogP contribution >= 0.6 is 15.9 Å². The highest BCUT2D eigenvalue weighted by molar-refractivity contribution is 9.10. The van der Waals surface area contributed by atoms with Crippen molar-refractivity contribution in [3.63, 3.8) is 0 Å². The van der Waals surface area contributed by atoms with Crippen LogP contribution in [0.5, 0.6) is 5.75 Å². The van der Waals surface area contributed by atoms with Gasteiger partial charge in [0, 0.05) is 11.6 Å². The Bertz CT molecular complexity index is 407. The number of rotatable bonds is 3. The molecule has 0 aliphatic carbocycles. The quantitative estimate of drug-likeness (QED) is 0.865. The van der Waals surface area contributed by atoms with Gasteiger partial charge in [0.2, 0.25) is 0 Å². The van der Waals surface area contributed by atoms with E-state index in [1.54, 1.807) is 0 Å². The zero-order valence-electron chi connectivity index (χ0n) is 7.68. The lowest BCUT2D eigenvalue weighted by Gasteiger charge is -2.09. The van der Waals surface area contributed by atoms with E-state index in [0.29, 0.717) is 0 Å². The van der Waals surface area contributed by atoms with Gasteiger partial charge in [-0.15, -0.1) is 0 Å². The van der Waals surface area contributed by atoms with Gasteiger partial charge in [-0.3, -0.25) is 4.79 Å². The summed E-state index contributed by atoms with van der Waals surface area (Å²) in [6, 6.07) is 0.936. The van der Waals surface area contributed by atoms with E-state index >= 15 is 0 Å². The van der Waals surface area contributed by atoms with E-state index in [0.717, 1.165) is 6.07 Å². The minimum atomic E-state index is -1.22. The summed E-state index contributed by atoms with van der Waals surface area (Å²) in [6.07, 6.45) is -0.562. The third-order valence-corrected chi connectivity index (χ3v) is 2.50. The minimum Gasteiger partial charge on any atom is -0.496 e. The Labute approximate surface area is 92.8 Å². The largest absolute Gasteiger partial charge is 0.496 e. The van der Waals surface area contributed by atoms with Crippen LogP contribution in [-0.2, 0) is 11.2 Å². The highest BCUT2D eigenvalue weighted by Gasteiger charge is 2.19. The van der Waals surface area contributed by atoms with Crippen LogP contribution in [0.1, 0.15) is 5.56 Å². The van der Waals surface area contributed by atoms with Crippen LogP contribution in [0.2, 0.25) is 0 Å². The van der Waals surface area contributed by atoms with Crippen LogP contribution in [0, 0.1) is 11.6 Å². The summed E-state index contributed by atoms with van der Waals surface area (Å²) in [5.41, 5.74) is -0.182. The standard InChI is InChI=1S/C9H7BrF2O3/c1-15-6-3-5(11)8(10)9(12)4(6)2-7(13)14/h3H,2H2,1H3,(H,13,14). The molecule has 0 bridgehead atoms. The summed E-state index contributed by atoms with van der Waals surface area (Å²) in [5.74, 6) is -3.12. The molecule has 0 amide bonds. The maximum absolute atomic E-state index is 13.4. The molecule has 1 aromatic rings. The molecule has 0 radical (unpaired) electrons. The van der Waals surface area contributed by atoms with Gasteiger partial charge in [0.1, 0.15) is 17.4 Å². The van der Waals surface area contributed by atoms with Gasteiger partial charge in [0.15, 0.2) is 0 Å². The fourth-order valence-corrected chi connectivity index (χ4v) is 1.46. The Hall–Kier alpha value is -1.17. The maximum Gasteiger partial charge on any atom is 0.308 e. The summed E-state index contributed by atoms with van der Waals surface area (Å²) >= 11 is 2.68. The van der Waals surface area contributed by atoms with E-state index in [2.05, 4.69) is 15.9 Å². The molecule has 3 nitrogen and oxygen atoms in total. The van der Waals surface area contributed by atoms with E-state index in [4.69, 9.17) is 9.84 Å². The fraction of sp³-hybridized carbons (Fsp3) is 0.222. The number of aliphatic carboxylic acids is 1. The highest BCUT2D eigenvalue weighted by Crippen LogP contribution is 2.30. The van der Waals surface area contributed by atoms with E-state index in [1.165, 1.54) is 7.11 Å². The van der Waals surface area contributed by atoms with E-state index < -0.39 is 24.0 Å². The number of hydrogen-bond acceptors (Lipinski definition) is 2. The number of hydrogen-bond donors (Lipinski definition) is 1. The number of carbonyl (C=O) groups is 1. The molecule has 82 valence electrons. The first kappa shape index (κ1) is 11.9. The zero-order valence-corrected chi connectivity index (χ0v) is 9.27. The molecule has 0 fully saturated rings. The molecule has 0 aliphatic heterocycles. The Morgan fingerprint density at radius 3 is 2.67 bits per heavy atom. The second-order valence-corrected chi connectivity index (χ2v) is 3.53. The Morgan fingerprint density at radius 2 is 2.20 bits per heavy atom. The molecule has 0 spiro atoms. The van der Waals surface area contributed by atoms with Crippen molar-refractivity contribution in [1.29, 1.82) is 0 Å². The van der Waals surface area contributed by atoms with Gasteiger partial charge in [0.25, 0.3) is 0 Å². The normalized spacial score (nSPS) is 10.1. The first-order valence-corrected chi connectivity index (χ1v) is 4.68. The topological polar surface area (TPSA) is 46.5 Å². The summed E-state index contributed by atoms with van der Waals surface area (Å²) in [6.45, 7) is 0. The van der Waals surface area contributed by atoms with Crippen molar-refractivity contribution in [1.82, 2.24) is 0 Å². The van der Waals surface area contributed by atoms with Gasteiger partial charge in [0.05, 0.1) is 18.0 Å². The molecule has 0 saturated heterocycles. The predicted molar refractivity (Wildman–Crippen MR) is 51.9 cm³/mol. The first-order chi connectivity index (χ1) is 6.97. The highest BCUT2D eigenvalue weighted by atomic mass is 79.9. The molecule has 1 N–H and O–H groups in total. The number of benzene rings is 1. The Kier molecular flexibility index (Phi) is 3.62. The number of carboxylic acids is 1. The smallest absolute Gasteiger partial charge is 0.308 e. The molecule has 0 atom stereocenters. The summed E-state index contributed by atoms with van der Waals surface area (Å²) < 4.78 is 30.8. The Morgan fingerprint density at radius 1 is 1.60 bits per heavy atom. The van der Waals surface area contributed by atoms with Crippen molar-refractivity contribution in [2.24, 2.45) is 0 Å². The average molecular weight is 281 g/mol. The molecule has 1 rings (SSSR count). The number of carboxylic acid groups (broad SMARTS) is 1. The van der Waals surface area contributed by atoms with Crippen LogP contribution in [0.15, 0.2) is 10.5 Å². The van der Waals surface area contributed by atoms with Crippen LogP contribution in [0.3, 0.4) is 0 Å². The minimum absolute atomic E-state index is 0.115. The van der Waals surface area contributed by atoms with Crippen LogP contribution < -0.4 is 4.74 Å². The summed E-state index contributed by atoms with van der Waals surface area (Å²) in [4.78, 5) is 10.5. The van der Waals surface area contributed by atoms with Crippen molar-refractivity contribution in [2.75, 3.05) is 7.11 Å². The second kappa shape index (κ2) is 4.57. The number of halogens is 3. The molecule has 0 saturated carbocycles. The average Bonchev–Trinajstić information content (AvgIpc) is 2.18. The molecule has 0 aromatic heterocycles. The van der Waals surface area contributed by atoms with Gasteiger partial charge < -0.3 is 9.84 Å². The van der Waals surface area contributed by atoms with Crippen molar-refractivity contribution >= 4 is 21.9 Å². The lowest BCUT2D eigenvalue weighted by molar-refractivity contribution is -0.136. The number of ether oxygens (including phenoxy) is 1. The Balaban J connectivity index is 3.33. The molecule has 0 unspecified atom stereocenters. The summed E-state index contributed by atoms with van der Waals surface area (Å²) in [7, 11) is 1.22. The molecular weight excluding hydrogens is 274 g/mol. The number of methoxy groups -OCH3 is 1. The zero-order chi connectivity index (χ0) is 11.6. The lowest BCUT2D eigenvalue weighted by Crippen LogP contribution is -2.06. The molecule has 15 heavy (non-hydrogen) atoms. The van der Waals surface area contributed by atoms with Gasteiger partial charge in [-0.25, -0.2) is 8.78 Å². The van der Waals surface area contributed by atoms with E-state index in [-0.39, 0.29) is 15.8 Å². The third kappa shape index (κ3) is 2.44. The van der Waals surface area contributed by atoms with Crippen molar-refractivity contribution in [3.05, 3.63) is 27.7 Å². The fourth-order valence-electron chi connectivity index (χ4n) is 1.11. The molecule has 6 heteroatoms. The van der Waals surface area contributed by atoms with Crippen LogP contribution in [-0.4, -0.2) is 18.2 Å². The van der Waals surface area contributed by atoms with Crippen LogP contribution in [0.25, 0.3) is 0 Å². The van der Waals surface area contributed by atoms with Gasteiger partial charge in [-0.2, -0.15) is 0 Å². The van der Waals surface area contributed by atoms with Crippen LogP contribution in [0.4, 0.5) is 8.78 Å². The molecule has 0 aliphatic rings. The van der Waals surface area contributed by atoms with Gasteiger partial charge in [-0.05, 0) is 15.9 Å². The SMILES string of the molecule is COc1cc(F)c(Br)c(F)c1CC(=O)O.